The Labute approximate surface area is 136 Å². The number of hydrogen-bond acceptors (Lipinski definition) is 0. The van der Waals surface area contributed by atoms with Crippen LogP contribution in [0.4, 0.5) is 0 Å². The van der Waals surface area contributed by atoms with Crippen LogP contribution in [0.1, 0.15) is 16.7 Å². The maximum absolute atomic E-state index is 2.32. The highest BCUT2D eigenvalue weighted by Gasteiger charge is 2.31. The SMILES string of the molecule is Cc1cccc([S+](c2ccccc2C)c2ccccc2C)c1. The zero-order chi connectivity index (χ0) is 15.5. The standard InChI is InChI=1S/C21H21S/c1-16-9-8-12-19(15-16)22(20-13-6-4-10-17(20)2)21-14-7-5-11-18(21)3/h4-15H,1-3H3/q+1. The fourth-order valence-electron chi connectivity index (χ4n) is 2.69. The second-order valence-corrected chi connectivity index (χ2v) is 7.62. The molecule has 0 atom stereocenters. The average molecular weight is 305 g/mol. The Morgan fingerprint density at radius 3 is 1.64 bits per heavy atom. The summed E-state index contributed by atoms with van der Waals surface area (Å²) >= 11 is 0. The molecule has 1 heteroatoms. The van der Waals surface area contributed by atoms with Gasteiger partial charge in [0.05, 0.1) is 10.9 Å². The molecule has 0 aliphatic carbocycles. The van der Waals surface area contributed by atoms with Gasteiger partial charge in [-0.25, -0.2) is 0 Å². The van der Waals surface area contributed by atoms with Crippen molar-refractivity contribution >= 4 is 10.9 Å². The van der Waals surface area contributed by atoms with E-state index in [1.807, 2.05) is 0 Å². The van der Waals surface area contributed by atoms with Crippen molar-refractivity contribution in [2.24, 2.45) is 0 Å². The van der Waals surface area contributed by atoms with Gasteiger partial charge in [0.15, 0.2) is 14.7 Å². The lowest BCUT2D eigenvalue weighted by Crippen LogP contribution is -2.08. The van der Waals surface area contributed by atoms with Crippen LogP contribution in [0.15, 0.2) is 87.5 Å². The smallest absolute Gasteiger partial charge is 0.0616 e. The third-order valence-electron chi connectivity index (χ3n) is 3.85. The molecule has 0 amide bonds. The Bertz CT molecular complexity index is 744. The monoisotopic (exact) mass is 305 g/mol. The lowest BCUT2D eigenvalue weighted by Gasteiger charge is -2.12. The van der Waals surface area contributed by atoms with Gasteiger partial charge in [-0.1, -0.05) is 48.5 Å². The highest BCUT2D eigenvalue weighted by atomic mass is 32.2. The molecule has 0 fully saturated rings. The minimum absolute atomic E-state index is 0.0481. The lowest BCUT2D eigenvalue weighted by molar-refractivity contribution is 1.21. The van der Waals surface area contributed by atoms with Crippen LogP contribution in [0.3, 0.4) is 0 Å². The highest BCUT2D eigenvalue weighted by molar-refractivity contribution is 7.97. The summed E-state index contributed by atoms with van der Waals surface area (Å²) in [6.07, 6.45) is 0. The Kier molecular flexibility index (Phi) is 4.35. The van der Waals surface area contributed by atoms with Gasteiger partial charge in [0, 0.05) is 11.1 Å². The number of hydrogen-bond donors (Lipinski definition) is 0. The van der Waals surface area contributed by atoms with Crippen molar-refractivity contribution in [2.45, 2.75) is 35.5 Å². The molecular weight excluding hydrogens is 284 g/mol. The zero-order valence-corrected chi connectivity index (χ0v) is 14.2. The molecular formula is C21H21S+. The summed E-state index contributed by atoms with van der Waals surface area (Å²) in [6, 6.07) is 26.4. The zero-order valence-electron chi connectivity index (χ0n) is 13.3. The van der Waals surface area contributed by atoms with Crippen molar-refractivity contribution in [1.82, 2.24) is 0 Å². The van der Waals surface area contributed by atoms with E-state index < -0.39 is 0 Å². The summed E-state index contributed by atoms with van der Waals surface area (Å²) in [7, 11) is -0.0481. The van der Waals surface area contributed by atoms with Crippen molar-refractivity contribution in [1.29, 1.82) is 0 Å². The first kappa shape index (κ1) is 14.9. The lowest BCUT2D eigenvalue weighted by atomic mass is 10.2. The van der Waals surface area contributed by atoms with E-state index in [9.17, 15) is 0 Å². The Hall–Kier alpha value is -1.99. The predicted octanol–water partition coefficient (Wildman–Crippen LogP) is 5.71. The second kappa shape index (κ2) is 6.41. The van der Waals surface area contributed by atoms with E-state index in [4.69, 9.17) is 0 Å². The fourth-order valence-corrected chi connectivity index (χ4v) is 5.16. The van der Waals surface area contributed by atoms with Gasteiger partial charge < -0.3 is 0 Å². The van der Waals surface area contributed by atoms with E-state index in [1.54, 1.807) is 0 Å². The molecule has 0 saturated carbocycles. The second-order valence-electron chi connectivity index (χ2n) is 5.65. The topological polar surface area (TPSA) is 0 Å². The van der Waals surface area contributed by atoms with Crippen LogP contribution < -0.4 is 0 Å². The van der Waals surface area contributed by atoms with Crippen LogP contribution >= 0.6 is 0 Å². The molecule has 3 aromatic carbocycles. The van der Waals surface area contributed by atoms with Gasteiger partial charge >= 0.3 is 0 Å². The predicted molar refractivity (Wildman–Crippen MR) is 95.7 cm³/mol. The van der Waals surface area contributed by atoms with Gasteiger partial charge in [-0.3, -0.25) is 0 Å². The third-order valence-corrected chi connectivity index (χ3v) is 6.37. The molecule has 0 heterocycles. The molecule has 0 spiro atoms. The highest BCUT2D eigenvalue weighted by Crippen LogP contribution is 2.34. The van der Waals surface area contributed by atoms with E-state index in [0.717, 1.165) is 0 Å². The van der Waals surface area contributed by atoms with Crippen molar-refractivity contribution in [3.63, 3.8) is 0 Å². The third kappa shape index (κ3) is 2.95. The van der Waals surface area contributed by atoms with E-state index in [2.05, 4.69) is 93.6 Å². The minimum atomic E-state index is -0.0481. The molecule has 3 aromatic rings. The van der Waals surface area contributed by atoms with Gasteiger partial charge in [-0.15, -0.1) is 0 Å². The maximum Gasteiger partial charge on any atom is 0.169 e. The number of rotatable bonds is 3. The molecule has 0 N–H and O–H groups in total. The van der Waals surface area contributed by atoms with Crippen LogP contribution in [0.25, 0.3) is 0 Å². The first-order valence-electron chi connectivity index (χ1n) is 7.59. The molecule has 0 saturated heterocycles. The summed E-state index contributed by atoms with van der Waals surface area (Å²) in [6.45, 7) is 6.59. The van der Waals surface area contributed by atoms with Crippen molar-refractivity contribution in [3.8, 4) is 0 Å². The van der Waals surface area contributed by atoms with Crippen LogP contribution in [0, 0.1) is 20.8 Å². The van der Waals surface area contributed by atoms with Gasteiger partial charge in [-0.2, -0.15) is 0 Å². The molecule has 0 bridgehead atoms. The maximum atomic E-state index is 2.32. The summed E-state index contributed by atoms with van der Waals surface area (Å²) in [4.78, 5) is 4.23. The Morgan fingerprint density at radius 1 is 0.591 bits per heavy atom. The summed E-state index contributed by atoms with van der Waals surface area (Å²) < 4.78 is 0. The van der Waals surface area contributed by atoms with Crippen LogP contribution in [-0.4, -0.2) is 0 Å². The van der Waals surface area contributed by atoms with E-state index in [1.165, 1.54) is 31.4 Å². The number of aryl methyl sites for hydroxylation is 3. The van der Waals surface area contributed by atoms with Crippen LogP contribution in [0.2, 0.25) is 0 Å². The van der Waals surface area contributed by atoms with Crippen LogP contribution in [0.5, 0.6) is 0 Å². The quantitative estimate of drug-likeness (QED) is 0.544. The molecule has 0 aromatic heterocycles. The van der Waals surface area contributed by atoms with E-state index in [-0.39, 0.29) is 10.9 Å². The summed E-state index contributed by atoms with van der Waals surface area (Å²) in [5.41, 5.74) is 4.03. The van der Waals surface area contributed by atoms with E-state index in [0.29, 0.717) is 0 Å². The van der Waals surface area contributed by atoms with Gasteiger partial charge in [0.2, 0.25) is 0 Å². The molecule has 0 nitrogen and oxygen atoms in total. The van der Waals surface area contributed by atoms with Crippen molar-refractivity contribution < 1.29 is 0 Å². The van der Waals surface area contributed by atoms with E-state index >= 15 is 0 Å². The average Bonchev–Trinajstić information content (AvgIpc) is 2.51. The first-order chi connectivity index (χ1) is 10.7. The fraction of sp³-hybridized carbons (Fsp3) is 0.143. The largest absolute Gasteiger partial charge is 0.169 e. The molecule has 0 aliphatic rings. The van der Waals surface area contributed by atoms with Gasteiger partial charge in [0.25, 0.3) is 0 Å². The van der Waals surface area contributed by atoms with Crippen molar-refractivity contribution in [2.75, 3.05) is 0 Å². The molecule has 110 valence electrons. The molecule has 0 radical (unpaired) electrons. The van der Waals surface area contributed by atoms with Crippen molar-refractivity contribution in [3.05, 3.63) is 89.5 Å². The summed E-state index contributed by atoms with van der Waals surface area (Å²) in [5, 5.41) is 0. The van der Waals surface area contributed by atoms with Crippen LogP contribution in [-0.2, 0) is 10.9 Å². The molecule has 0 aliphatic heterocycles. The number of benzene rings is 3. The van der Waals surface area contributed by atoms with Gasteiger partial charge in [0.1, 0.15) is 0 Å². The molecule has 3 rings (SSSR count). The normalized spacial score (nSPS) is 10.9. The molecule has 0 unspecified atom stereocenters. The minimum Gasteiger partial charge on any atom is -0.0616 e. The van der Waals surface area contributed by atoms with Gasteiger partial charge in [-0.05, 0) is 50.6 Å². The summed E-state index contributed by atoms with van der Waals surface area (Å²) in [5.74, 6) is 0. The first-order valence-corrected chi connectivity index (χ1v) is 8.81. The Balaban J connectivity index is 2.24. The molecule has 22 heavy (non-hydrogen) atoms. The Morgan fingerprint density at radius 2 is 1.14 bits per heavy atom.